The van der Waals surface area contributed by atoms with Crippen LogP contribution in [0, 0.1) is 3.57 Å². The average Bonchev–Trinajstić information content (AvgIpc) is 2.37. The summed E-state index contributed by atoms with van der Waals surface area (Å²) in [6.07, 6.45) is 0. The first-order chi connectivity index (χ1) is 9.70. The van der Waals surface area contributed by atoms with Crippen LogP contribution in [-0.2, 0) is 10.0 Å². The molecule has 0 unspecified atom stereocenters. The molecule has 0 heterocycles. The maximum atomic E-state index is 12.4. The van der Waals surface area contributed by atoms with Crippen molar-refractivity contribution in [1.29, 1.82) is 0 Å². The molecule has 2 aromatic carbocycles. The van der Waals surface area contributed by atoms with Crippen LogP contribution < -0.4 is 4.72 Å². The van der Waals surface area contributed by atoms with Crippen LogP contribution in [0.1, 0.15) is 0 Å². The number of aromatic hydroxyl groups is 1. The van der Waals surface area contributed by atoms with Crippen LogP contribution in [0.4, 0.5) is 5.69 Å². The predicted octanol–water partition coefficient (Wildman–Crippen LogP) is 4.87. The molecule has 0 aliphatic heterocycles. The molecule has 2 N–H and O–H groups in total. The normalized spacial score (nSPS) is 11.4. The third-order valence-electron chi connectivity index (χ3n) is 2.46. The van der Waals surface area contributed by atoms with Gasteiger partial charge in [-0.2, -0.15) is 0 Å². The maximum Gasteiger partial charge on any atom is 0.265 e. The van der Waals surface area contributed by atoms with Gasteiger partial charge in [-0.25, -0.2) is 8.42 Å². The Balaban J connectivity index is 2.48. The molecular weight excluding hydrogens is 516 g/mol. The van der Waals surface area contributed by atoms with Crippen molar-refractivity contribution in [1.82, 2.24) is 0 Å². The van der Waals surface area contributed by atoms with Crippen LogP contribution in [0.3, 0.4) is 0 Å². The first-order valence-corrected chi connectivity index (χ1v) is 9.47. The van der Waals surface area contributed by atoms with E-state index in [2.05, 4.69) is 20.7 Å². The number of phenols is 1. The van der Waals surface area contributed by atoms with Crippen LogP contribution in [0.5, 0.6) is 5.75 Å². The van der Waals surface area contributed by atoms with Crippen molar-refractivity contribution in [2.75, 3.05) is 4.72 Å². The Kier molecular flexibility index (Phi) is 5.30. The number of anilines is 1. The van der Waals surface area contributed by atoms with E-state index in [1.807, 2.05) is 22.6 Å². The molecule has 21 heavy (non-hydrogen) atoms. The zero-order chi connectivity index (χ0) is 15.8. The summed E-state index contributed by atoms with van der Waals surface area (Å²) in [7, 11) is -3.99. The molecular formula is C12H7BrCl2INO3S. The van der Waals surface area contributed by atoms with Gasteiger partial charge in [-0.15, -0.1) is 0 Å². The molecule has 0 saturated carbocycles. The van der Waals surface area contributed by atoms with Crippen LogP contribution in [0.2, 0.25) is 10.0 Å². The number of hydrogen-bond acceptors (Lipinski definition) is 3. The van der Waals surface area contributed by atoms with E-state index in [1.54, 1.807) is 12.1 Å². The Labute approximate surface area is 153 Å². The largest absolute Gasteiger partial charge is 0.505 e. The molecule has 0 saturated heterocycles. The fourth-order valence-electron chi connectivity index (χ4n) is 1.52. The lowest BCUT2D eigenvalue weighted by atomic mass is 10.3. The lowest BCUT2D eigenvalue weighted by molar-refractivity contribution is 0.459. The van der Waals surface area contributed by atoms with Crippen molar-refractivity contribution in [3.05, 3.63) is 48.4 Å². The third kappa shape index (κ3) is 3.95. The highest BCUT2D eigenvalue weighted by Gasteiger charge is 2.22. The van der Waals surface area contributed by atoms with Crippen molar-refractivity contribution < 1.29 is 13.5 Å². The van der Waals surface area contributed by atoms with Crippen molar-refractivity contribution in [2.45, 2.75) is 4.90 Å². The lowest BCUT2D eigenvalue weighted by Gasteiger charge is -2.12. The summed E-state index contributed by atoms with van der Waals surface area (Å²) in [5.41, 5.74) is 0.357. The average molecular weight is 523 g/mol. The zero-order valence-electron chi connectivity index (χ0n) is 10.1. The molecule has 0 spiro atoms. The number of hydrogen-bond donors (Lipinski definition) is 2. The van der Waals surface area contributed by atoms with Gasteiger partial charge in [0, 0.05) is 13.1 Å². The maximum absolute atomic E-state index is 12.4. The van der Waals surface area contributed by atoms with Gasteiger partial charge in [-0.1, -0.05) is 39.1 Å². The van der Waals surface area contributed by atoms with Crippen LogP contribution in [0.25, 0.3) is 0 Å². The Hall–Kier alpha value is -0.220. The van der Waals surface area contributed by atoms with Gasteiger partial charge in [0.15, 0.2) is 5.75 Å². The SMILES string of the molecule is O=S(=O)(Nc1ccc(Cl)cc1I)c1cc(Br)cc(Cl)c1O. The zero-order valence-corrected chi connectivity index (χ0v) is 16.1. The molecule has 0 aliphatic rings. The second-order valence-corrected chi connectivity index (χ2v) is 8.54. The summed E-state index contributed by atoms with van der Waals surface area (Å²) >= 11 is 16.7. The Bertz CT molecular complexity index is 814. The summed E-state index contributed by atoms with van der Waals surface area (Å²) < 4.78 is 28.2. The van der Waals surface area contributed by atoms with E-state index in [-0.39, 0.29) is 9.92 Å². The van der Waals surface area contributed by atoms with E-state index in [9.17, 15) is 13.5 Å². The smallest absolute Gasteiger partial charge is 0.265 e. The number of phenolic OH excluding ortho intramolecular Hbond substituents is 1. The Morgan fingerprint density at radius 3 is 2.48 bits per heavy atom. The molecule has 112 valence electrons. The number of halogens is 4. The topological polar surface area (TPSA) is 66.4 Å². The number of nitrogens with one attached hydrogen (secondary N) is 1. The molecule has 0 aliphatic carbocycles. The van der Waals surface area contributed by atoms with E-state index >= 15 is 0 Å². The first kappa shape index (κ1) is 17.1. The van der Waals surface area contributed by atoms with E-state index in [1.165, 1.54) is 18.2 Å². The van der Waals surface area contributed by atoms with E-state index < -0.39 is 15.8 Å². The number of sulfonamides is 1. The Morgan fingerprint density at radius 2 is 1.86 bits per heavy atom. The van der Waals surface area contributed by atoms with Gasteiger partial charge in [-0.3, -0.25) is 4.72 Å². The van der Waals surface area contributed by atoms with Gasteiger partial charge in [0.1, 0.15) is 4.90 Å². The highest BCUT2D eigenvalue weighted by atomic mass is 127. The number of rotatable bonds is 3. The molecule has 0 radical (unpaired) electrons. The van der Waals surface area contributed by atoms with E-state index in [0.29, 0.717) is 18.8 Å². The van der Waals surface area contributed by atoms with Crippen LogP contribution in [-0.4, -0.2) is 13.5 Å². The standard InChI is InChI=1S/C12H7BrCl2INO3S/c13-6-3-8(15)12(18)11(4-6)21(19,20)17-10-2-1-7(14)5-9(10)16/h1-5,17-18H. The molecule has 0 atom stereocenters. The summed E-state index contributed by atoms with van der Waals surface area (Å²) in [6, 6.07) is 7.40. The van der Waals surface area contributed by atoms with Gasteiger partial charge < -0.3 is 5.11 Å². The molecule has 0 fully saturated rings. The van der Waals surface area contributed by atoms with Gasteiger partial charge in [0.05, 0.1) is 10.7 Å². The molecule has 2 rings (SSSR count). The molecule has 4 nitrogen and oxygen atoms in total. The lowest BCUT2D eigenvalue weighted by Crippen LogP contribution is -2.14. The minimum Gasteiger partial charge on any atom is -0.505 e. The second-order valence-electron chi connectivity index (χ2n) is 3.96. The summed E-state index contributed by atoms with van der Waals surface area (Å²) in [4.78, 5) is -0.312. The van der Waals surface area contributed by atoms with Gasteiger partial charge in [-0.05, 0) is 52.9 Å². The molecule has 0 bridgehead atoms. The molecule has 2 aromatic rings. The van der Waals surface area contributed by atoms with Gasteiger partial charge in [0.2, 0.25) is 0 Å². The molecule has 0 aromatic heterocycles. The van der Waals surface area contributed by atoms with E-state index in [0.717, 1.165) is 0 Å². The number of benzene rings is 2. The summed E-state index contributed by atoms with van der Waals surface area (Å²) in [6.45, 7) is 0. The van der Waals surface area contributed by atoms with E-state index in [4.69, 9.17) is 23.2 Å². The van der Waals surface area contributed by atoms with Gasteiger partial charge in [0.25, 0.3) is 10.0 Å². The Morgan fingerprint density at radius 1 is 1.19 bits per heavy atom. The molecule has 9 heteroatoms. The van der Waals surface area contributed by atoms with Crippen molar-refractivity contribution in [3.63, 3.8) is 0 Å². The highest BCUT2D eigenvalue weighted by molar-refractivity contribution is 14.1. The fraction of sp³-hybridized carbons (Fsp3) is 0. The third-order valence-corrected chi connectivity index (χ3v) is 5.71. The monoisotopic (exact) mass is 521 g/mol. The quantitative estimate of drug-likeness (QED) is 0.565. The predicted molar refractivity (Wildman–Crippen MR) is 95.8 cm³/mol. The second kappa shape index (κ2) is 6.49. The van der Waals surface area contributed by atoms with Crippen molar-refractivity contribution in [2.24, 2.45) is 0 Å². The summed E-state index contributed by atoms with van der Waals surface area (Å²) in [5.74, 6) is -0.503. The summed E-state index contributed by atoms with van der Waals surface area (Å²) in [5, 5.41) is 10.3. The van der Waals surface area contributed by atoms with Crippen LogP contribution >= 0.6 is 61.7 Å². The minimum absolute atomic E-state index is 0.0597. The van der Waals surface area contributed by atoms with Crippen molar-refractivity contribution in [3.8, 4) is 5.75 Å². The minimum atomic E-state index is -3.99. The van der Waals surface area contributed by atoms with Crippen molar-refractivity contribution >= 4 is 77.4 Å². The highest BCUT2D eigenvalue weighted by Crippen LogP contribution is 2.35. The molecule has 0 amide bonds. The van der Waals surface area contributed by atoms with Gasteiger partial charge >= 0.3 is 0 Å². The first-order valence-electron chi connectivity index (χ1n) is 5.36. The fourth-order valence-corrected chi connectivity index (χ4v) is 4.95. The van der Waals surface area contributed by atoms with Crippen LogP contribution in [0.15, 0.2) is 39.7 Å².